The van der Waals surface area contributed by atoms with E-state index in [1.165, 1.54) is 0 Å². The molecule has 0 amide bonds. The highest BCUT2D eigenvalue weighted by atomic mass is 16.6. The van der Waals surface area contributed by atoms with Crippen LogP contribution in [0.2, 0.25) is 0 Å². The van der Waals surface area contributed by atoms with Gasteiger partial charge >= 0.3 is 35.8 Å². The molecule has 9 nitrogen and oxygen atoms in total. The number of unbranched alkanes of at least 4 members (excludes halogenated alkanes) is 2. The molecule has 9 heteroatoms. The molecular formula is C18H26O9. The monoisotopic (exact) mass is 386 g/mol. The molecule has 0 aromatic rings. The fourth-order valence-electron chi connectivity index (χ4n) is 1.81. The molecule has 0 N–H and O–H groups in total. The highest BCUT2D eigenvalue weighted by Crippen LogP contribution is 2.07. The van der Waals surface area contributed by atoms with E-state index in [2.05, 4.69) is 14.2 Å². The van der Waals surface area contributed by atoms with Crippen molar-refractivity contribution in [3.8, 4) is 0 Å². The fraction of sp³-hybridized carbons (Fsp3) is 0.667. The summed E-state index contributed by atoms with van der Waals surface area (Å²) in [5, 5.41) is 0. The van der Waals surface area contributed by atoms with E-state index >= 15 is 0 Å². The summed E-state index contributed by atoms with van der Waals surface area (Å²) in [6.07, 6.45) is 1.45. The molecular weight excluding hydrogens is 360 g/mol. The summed E-state index contributed by atoms with van der Waals surface area (Å²) in [7, 11) is 0. The highest BCUT2D eigenvalue weighted by molar-refractivity contribution is 5.86. The average molecular weight is 386 g/mol. The van der Waals surface area contributed by atoms with E-state index in [1.807, 2.05) is 0 Å². The van der Waals surface area contributed by atoms with Crippen LogP contribution in [0.1, 0.15) is 78.1 Å². The van der Waals surface area contributed by atoms with Crippen molar-refractivity contribution in [3.63, 3.8) is 0 Å². The number of ether oxygens (including phenoxy) is 3. The van der Waals surface area contributed by atoms with Gasteiger partial charge in [0.1, 0.15) is 0 Å². The van der Waals surface area contributed by atoms with E-state index in [-0.39, 0.29) is 38.5 Å². The lowest BCUT2D eigenvalue weighted by Gasteiger charge is -2.04. The molecule has 0 heterocycles. The molecule has 0 spiro atoms. The van der Waals surface area contributed by atoms with Crippen molar-refractivity contribution in [3.05, 3.63) is 0 Å². The number of carbonyl (C=O) groups is 6. The van der Waals surface area contributed by atoms with Gasteiger partial charge in [-0.05, 0) is 25.7 Å². The Balaban J connectivity index is 3.74. The molecule has 0 aliphatic rings. The second-order valence-electron chi connectivity index (χ2n) is 5.66. The molecule has 0 radical (unpaired) electrons. The topological polar surface area (TPSA) is 130 Å². The van der Waals surface area contributed by atoms with E-state index in [1.54, 1.807) is 13.8 Å². The van der Waals surface area contributed by atoms with Crippen molar-refractivity contribution < 1.29 is 43.0 Å². The molecule has 0 saturated carbocycles. The molecule has 0 fully saturated rings. The minimum Gasteiger partial charge on any atom is -0.393 e. The minimum atomic E-state index is -0.703. The van der Waals surface area contributed by atoms with Crippen LogP contribution in [0.15, 0.2) is 0 Å². The van der Waals surface area contributed by atoms with Crippen LogP contribution in [0.4, 0.5) is 0 Å². The maximum Gasteiger partial charge on any atom is 0.313 e. The van der Waals surface area contributed by atoms with Gasteiger partial charge in [-0.3, -0.25) is 28.8 Å². The Labute approximate surface area is 157 Å². The standard InChI is InChI=1S/C18H26O9/c1-3-13(19)25-15(21)9-5-7-11-17(23)27-18(24)12-8-6-10-16(22)26-14(20)4-2/h3-12H2,1-2H3. The number of hydrogen-bond donors (Lipinski definition) is 0. The van der Waals surface area contributed by atoms with E-state index in [4.69, 9.17) is 0 Å². The molecule has 0 bridgehead atoms. The number of esters is 6. The van der Waals surface area contributed by atoms with Crippen LogP contribution in [-0.2, 0) is 43.0 Å². The lowest BCUT2D eigenvalue weighted by molar-refractivity contribution is -0.162. The Bertz CT molecular complexity index is 503. The first-order valence-electron chi connectivity index (χ1n) is 8.99. The van der Waals surface area contributed by atoms with Crippen LogP contribution in [0.5, 0.6) is 0 Å². The second kappa shape index (κ2) is 14.6. The second-order valence-corrected chi connectivity index (χ2v) is 5.66. The first-order chi connectivity index (χ1) is 12.8. The van der Waals surface area contributed by atoms with Crippen molar-refractivity contribution in [2.24, 2.45) is 0 Å². The SMILES string of the molecule is CCC(=O)OC(=O)CCCCC(=O)OC(=O)CCCCC(=O)OC(=O)CC. The quantitative estimate of drug-likeness (QED) is 0.214. The van der Waals surface area contributed by atoms with Crippen molar-refractivity contribution in [2.45, 2.75) is 78.1 Å². The van der Waals surface area contributed by atoms with Crippen LogP contribution in [0.25, 0.3) is 0 Å². The summed E-state index contributed by atoms with van der Waals surface area (Å²) < 4.78 is 13.6. The molecule has 0 aliphatic heterocycles. The molecule has 0 unspecified atom stereocenters. The summed E-state index contributed by atoms with van der Waals surface area (Å²) in [6, 6.07) is 0. The van der Waals surface area contributed by atoms with Gasteiger partial charge in [0, 0.05) is 38.5 Å². The lowest BCUT2D eigenvalue weighted by atomic mass is 10.2. The Morgan fingerprint density at radius 1 is 0.444 bits per heavy atom. The van der Waals surface area contributed by atoms with Gasteiger partial charge in [-0.2, -0.15) is 0 Å². The summed E-state index contributed by atoms with van der Waals surface area (Å²) in [4.78, 5) is 67.3. The van der Waals surface area contributed by atoms with Crippen molar-refractivity contribution in [2.75, 3.05) is 0 Å². The molecule has 0 atom stereocenters. The number of rotatable bonds is 12. The van der Waals surface area contributed by atoms with Gasteiger partial charge in [-0.25, -0.2) is 0 Å². The third kappa shape index (κ3) is 14.3. The fourth-order valence-corrected chi connectivity index (χ4v) is 1.81. The molecule has 0 rings (SSSR count). The van der Waals surface area contributed by atoms with E-state index in [0.29, 0.717) is 25.7 Å². The van der Waals surface area contributed by atoms with Gasteiger partial charge in [0.2, 0.25) is 0 Å². The molecule has 0 aromatic carbocycles. The maximum atomic E-state index is 11.5. The molecule has 152 valence electrons. The zero-order valence-corrected chi connectivity index (χ0v) is 15.7. The number of carbonyl (C=O) groups excluding carboxylic acids is 6. The zero-order valence-electron chi connectivity index (χ0n) is 15.7. The summed E-state index contributed by atoms with van der Waals surface area (Å²) in [5.41, 5.74) is 0. The molecule has 0 aliphatic carbocycles. The average Bonchev–Trinajstić information content (AvgIpc) is 2.62. The first kappa shape index (κ1) is 24.4. The smallest absolute Gasteiger partial charge is 0.313 e. The van der Waals surface area contributed by atoms with Crippen molar-refractivity contribution in [1.82, 2.24) is 0 Å². The van der Waals surface area contributed by atoms with E-state index in [0.717, 1.165) is 0 Å². The highest BCUT2D eigenvalue weighted by Gasteiger charge is 2.13. The van der Waals surface area contributed by atoms with Gasteiger partial charge in [-0.1, -0.05) is 13.8 Å². The number of hydrogen-bond acceptors (Lipinski definition) is 9. The van der Waals surface area contributed by atoms with E-state index in [9.17, 15) is 28.8 Å². The maximum absolute atomic E-state index is 11.5. The molecule has 0 saturated heterocycles. The summed E-state index contributed by atoms with van der Waals surface area (Å²) in [6.45, 7) is 3.14. The van der Waals surface area contributed by atoms with Gasteiger partial charge in [-0.15, -0.1) is 0 Å². The Morgan fingerprint density at radius 3 is 0.889 bits per heavy atom. The van der Waals surface area contributed by atoms with Crippen molar-refractivity contribution in [1.29, 1.82) is 0 Å². The molecule has 0 aromatic heterocycles. The predicted molar refractivity (Wildman–Crippen MR) is 90.8 cm³/mol. The minimum absolute atomic E-state index is 0.00357. The third-order valence-electron chi connectivity index (χ3n) is 3.28. The Kier molecular flexibility index (Phi) is 13.2. The molecule has 27 heavy (non-hydrogen) atoms. The largest absolute Gasteiger partial charge is 0.393 e. The summed E-state index contributed by atoms with van der Waals surface area (Å²) in [5.74, 6) is -3.90. The van der Waals surface area contributed by atoms with E-state index < -0.39 is 35.8 Å². The van der Waals surface area contributed by atoms with Gasteiger partial charge in [0.05, 0.1) is 0 Å². The van der Waals surface area contributed by atoms with Gasteiger partial charge in [0.15, 0.2) is 0 Å². The predicted octanol–water partition coefficient (Wildman–Crippen LogP) is 2.14. The van der Waals surface area contributed by atoms with Gasteiger partial charge in [0.25, 0.3) is 0 Å². The normalized spacial score (nSPS) is 10.0. The van der Waals surface area contributed by atoms with Crippen molar-refractivity contribution >= 4 is 35.8 Å². The third-order valence-corrected chi connectivity index (χ3v) is 3.28. The van der Waals surface area contributed by atoms with Crippen LogP contribution >= 0.6 is 0 Å². The Morgan fingerprint density at radius 2 is 0.667 bits per heavy atom. The zero-order chi connectivity index (χ0) is 20.7. The Hall–Kier alpha value is -2.58. The summed E-state index contributed by atoms with van der Waals surface area (Å²) >= 11 is 0. The van der Waals surface area contributed by atoms with Crippen LogP contribution in [-0.4, -0.2) is 35.8 Å². The lowest BCUT2D eigenvalue weighted by Crippen LogP contribution is -2.13. The van der Waals surface area contributed by atoms with Crippen LogP contribution in [0.3, 0.4) is 0 Å². The van der Waals surface area contributed by atoms with Crippen LogP contribution < -0.4 is 0 Å². The first-order valence-corrected chi connectivity index (χ1v) is 8.99. The van der Waals surface area contributed by atoms with Crippen LogP contribution in [0, 0.1) is 0 Å². The van der Waals surface area contributed by atoms with Gasteiger partial charge < -0.3 is 14.2 Å².